The number of likely N-dealkylation sites (tertiary alicyclic amines) is 1. The van der Waals surface area contributed by atoms with Crippen molar-refractivity contribution in [1.29, 1.82) is 0 Å². The van der Waals surface area contributed by atoms with E-state index in [-0.39, 0.29) is 23.4 Å². The minimum absolute atomic E-state index is 0.0571. The summed E-state index contributed by atoms with van der Waals surface area (Å²) >= 11 is 0. The first-order chi connectivity index (χ1) is 14.4. The topological polar surface area (TPSA) is 98.4 Å². The number of amides is 1. The lowest BCUT2D eigenvalue weighted by Crippen LogP contribution is -2.31. The summed E-state index contributed by atoms with van der Waals surface area (Å²) < 4.78 is 21.4. The van der Waals surface area contributed by atoms with E-state index < -0.39 is 17.7 Å². The average Bonchev–Trinajstić information content (AvgIpc) is 3.29. The Morgan fingerprint density at radius 3 is 2.50 bits per heavy atom. The molecule has 8 heteroatoms. The van der Waals surface area contributed by atoms with E-state index in [4.69, 9.17) is 18.6 Å². The summed E-state index contributed by atoms with van der Waals surface area (Å²) in [4.78, 5) is 27.2. The molecule has 1 fully saturated rings. The lowest BCUT2D eigenvalue weighted by Gasteiger charge is -2.23. The van der Waals surface area contributed by atoms with Crippen LogP contribution in [-0.2, 0) is 14.3 Å². The minimum atomic E-state index is -0.855. The summed E-state index contributed by atoms with van der Waals surface area (Å²) in [5, 5.41) is 11.1. The van der Waals surface area contributed by atoms with Crippen LogP contribution in [0.2, 0.25) is 0 Å². The first-order valence-corrected chi connectivity index (χ1v) is 9.49. The van der Waals surface area contributed by atoms with Crippen LogP contribution in [0.3, 0.4) is 0 Å². The maximum Gasteiger partial charge on any atom is 0.295 e. The molecule has 160 valence electrons. The van der Waals surface area contributed by atoms with Crippen LogP contribution in [0.4, 0.5) is 0 Å². The Labute approximate surface area is 174 Å². The van der Waals surface area contributed by atoms with Crippen molar-refractivity contribution in [2.45, 2.75) is 19.4 Å². The zero-order valence-corrected chi connectivity index (χ0v) is 17.4. The number of hydrogen-bond donors (Lipinski definition) is 1. The Balaban J connectivity index is 2.17. The fourth-order valence-corrected chi connectivity index (χ4v) is 3.53. The number of methoxy groups -OCH3 is 3. The molecule has 1 aromatic carbocycles. The molecule has 1 saturated heterocycles. The molecule has 0 radical (unpaired) electrons. The highest BCUT2D eigenvalue weighted by atomic mass is 16.5. The number of aryl methyl sites for hydroxylation is 1. The van der Waals surface area contributed by atoms with Crippen LogP contribution in [0.1, 0.15) is 29.5 Å². The van der Waals surface area contributed by atoms with Crippen molar-refractivity contribution in [2.75, 3.05) is 34.5 Å². The van der Waals surface area contributed by atoms with Gasteiger partial charge in [-0.3, -0.25) is 9.59 Å². The smallest absolute Gasteiger partial charge is 0.295 e. The van der Waals surface area contributed by atoms with E-state index in [1.54, 1.807) is 44.4 Å². The fourth-order valence-electron chi connectivity index (χ4n) is 3.53. The summed E-state index contributed by atoms with van der Waals surface area (Å²) in [6.07, 6.45) is 0.530. The van der Waals surface area contributed by atoms with E-state index >= 15 is 0 Å². The molecule has 30 heavy (non-hydrogen) atoms. The summed E-state index contributed by atoms with van der Waals surface area (Å²) in [5.74, 6) is 0.00380. The molecule has 1 aliphatic rings. The average molecular weight is 415 g/mol. The molecule has 1 atom stereocenters. The van der Waals surface area contributed by atoms with Crippen molar-refractivity contribution >= 4 is 17.4 Å². The van der Waals surface area contributed by atoms with E-state index in [2.05, 4.69) is 0 Å². The first kappa shape index (κ1) is 21.4. The van der Waals surface area contributed by atoms with Crippen molar-refractivity contribution < 1.29 is 33.3 Å². The largest absolute Gasteiger partial charge is 0.507 e. The SMILES string of the molecule is COCCCN1C(=O)C(=O)/C(=C(/O)c2cc(OC)ccc2OC)C1c1ccc(C)o1. The van der Waals surface area contributed by atoms with Crippen LogP contribution < -0.4 is 9.47 Å². The number of ketones is 1. The van der Waals surface area contributed by atoms with Gasteiger partial charge in [0.2, 0.25) is 0 Å². The van der Waals surface area contributed by atoms with Gasteiger partial charge in [-0.1, -0.05) is 0 Å². The monoisotopic (exact) mass is 415 g/mol. The summed E-state index contributed by atoms with van der Waals surface area (Å²) in [6, 6.07) is 7.44. The molecule has 0 spiro atoms. The van der Waals surface area contributed by atoms with Crippen LogP contribution in [0.15, 0.2) is 40.3 Å². The van der Waals surface area contributed by atoms with Crippen LogP contribution in [0.25, 0.3) is 5.76 Å². The number of aliphatic hydroxyl groups excluding tert-OH is 1. The van der Waals surface area contributed by atoms with Gasteiger partial charge < -0.3 is 28.6 Å². The van der Waals surface area contributed by atoms with Crippen molar-refractivity contribution in [1.82, 2.24) is 4.90 Å². The van der Waals surface area contributed by atoms with Gasteiger partial charge in [0.15, 0.2) is 0 Å². The number of nitrogens with zero attached hydrogens (tertiary/aromatic N) is 1. The van der Waals surface area contributed by atoms with Crippen LogP contribution in [-0.4, -0.2) is 56.2 Å². The quantitative estimate of drug-likeness (QED) is 0.306. The standard InChI is InChI=1S/C22H25NO7/c1-13-6-8-17(30-13)19-18(21(25)22(26)23(19)10-5-11-27-2)20(24)15-12-14(28-3)7-9-16(15)29-4/h6-9,12,19,24H,5,10-11H2,1-4H3/b20-18+. The van der Waals surface area contributed by atoms with E-state index in [9.17, 15) is 14.7 Å². The van der Waals surface area contributed by atoms with E-state index in [1.165, 1.54) is 19.1 Å². The van der Waals surface area contributed by atoms with Crippen molar-refractivity contribution in [3.8, 4) is 11.5 Å². The molecule has 1 unspecified atom stereocenters. The Kier molecular flexibility index (Phi) is 6.47. The first-order valence-electron chi connectivity index (χ1n) is 9.49. The van der Waals surface area contributed by atoms with Gasteiger partial charge in [-0.2, -0.15) is 0 Å². The molecule has 2 aromatic rings. The molecule has 1 N–H and O–H groups in total. The second-order valence-corrected chi connectivity index (χ2v) is 6.85. The Hall–Kier alpha value is -3.26. The predicted octanol–water partition coefficient (Wildman–Crippen LogP) is 3.06. The zero-order valence-electron chi connectivity index (χ0n) is 17.4. The Morgan fingerprint density at radius 2 is 1.90 bits per heavy atom. The number of aliphatic hydroxyl groups is 1. The van der Waals surface area contributed by atoms with Gasteiger partial charge in [-0.05, 0) is 43.7 Å². The number of Topliss-reactive ketones (excluding diaryl/α,β-unsaturated/α-hetero) is 1. The van der Waals surface area contributed by atoms with E-state index in [0.29, 0.717) is 36.0 Å². The van der Waals surface area contributed by atoms with Gasteiger partial charge in [0.1, 0.15) is 34.8 Å². The van der Waals surface area contributed by atoms with Crippen LogP contribution in [0.5, 0.6) is 11.5 Å². The molecule has 1 amide bonds. The maximum absolute atomic E-state index is 13.0. The molecule has 0 saturated carbocycles. The molecule has 0 aliphatic carbocycles. The van der Waals surface area contributed by atoms with Gasteiger partial charge in [0.25, 0.3) is 11.7 Å². The molecular weight excluding hydrogens is 390 g/mol. The maximum atomic E-state index is 13.0. The van der Waals surface area contributed by atoms with Crippen molar-refractivity contribution in [3.63, 3.8) is 0 Å². The lowest BCUT2D eigenvalue weighted by molar-refractivity contribution is -0.140. The van der Waals surface area contributed by atoms with E-state index in [0.717, 1.165) is 0 Å². The second kappa shape index (κ2) is 9.04. The number of hydrogen-bond acceptors (Lipinski definition) is 7. The highest BCUT2D eigenvalue weighted by Gasteiger charge is 2.47. The molecule has 8 nitrogen and oxygen atoms in total. The molecule has 2 heterocycles. The van der Waals surface area contributed by atoms with Crippen molar-refractivity contribution in [3.05, 3.63) is 53.0 Å². The normalized spacial score (nSPS) is 18.1. The predicted molar refractivity (Wildman–Crippen MR) is 108 cm³/mol. The minimum Gasteiger partial charge on any atom is -0.507 e. The fraction of sp³-hybridized carbons (Fsp3) is 0.364. The van der Waals surface area contributed by atoms with Gasteiger partial charge in [-0.15, -0.1) is 0 Å². The molecule has 3 rings (SSSR count). The van der Waals surface area contributed by atoms with Gasteiger partial charge in [-0.25, -0.2) is 0 Å². The Morgan fingerprint density at radius 1 is 1.13 bits per heavy atom. The number of furan rings is 1. The van der Waals surface area contributed by atoms with Gasteiger partial charge in [0, 0.05) is 20.3 Å². The summed E-state index contributed by atoms with van der Waals surface area (Å²) in [7, 11) is 4.51. The zero-order chi connectivity index (χ0) is 21.8. The lowest BCUT2D eigenvalue weighted by atomic mass is 9.98. The summed E-state index contributed by atoms with van der Waals surface area (Å²) in [5.41, 5.74) is 0.193. The third-order valence-electron chi connectivity index (χ3n) is 4.98. The van der Waals surface area contributed by atoms with Crippen LogP contribution in [0, 0.1) is 6.92 Å². The van der Waals surface area contributed by atoms with Gasteiger partial charge in [0.05, 0.1) is 25.4 Å². The molecule has 1 aromatic heterocycles. The summed E-state index contributed by atoms with van der Waals surface area (Å²) in [6.45, 7) is 2.47. The van der Waals surface area contributed by atoms with Gasteiger partial charge >= 0.3 is 0 Å². The van der Waals surface area contributed by atoms with Crippen LogP contribution >= 0.6 is 0 Å². The molecular formula is C22H25NO7. The van der Waals surface area contributed by atoms with Crippen molar-refractivity contribution in [2.24, 2.45) is 0 Å². The number of carbonyl (C=O) groups is 2. The third kappa shape index (κ3) is 3.91. The van der Waals surface area contributed by atoms with E-state index in [1.807, 2.05) is 0 Å². The molecule has 0 bridgehead atoms. The number of carbonyl (C=O) groups excluding carboxylic acids is 2. The highest BCUT2D eigenvalue weighted by molar-refractivity contribution is 6.46. The number of benzene rings is 1. The number of ether oxygens (including phenoxy) is 3. The highest BCUT2D eigenvalue weighted by Crippen LogP contribution is 2.42. The Bertz CT molecular complexity index is 976. The third-order valence-corrected chi connectivity index (χ3v) is 4.98. The molecule has 1 aliphatic heterocycles. The number of rotatable bonds is 8. The second-order valence-electron chi connectivity index (χ2n) is 6.85.